The van der Waals surface area contributed by atoms with Crippen molar-refractivity contribution in [1.82, 2.24) is 9.62 Å². The lowest BCUT2D eigenvalue weighted by molar-refractivity contribution is 0.0923. The van der Waals surface area contributed by atoms with Crippen LogP contribution in [0.15, 0.2) is 53.4 Å². The molecule has 1 fully saturated rings. The van der Waals surface area contributed by atoms with E-state index in [1.807, 2.05) is 25.1 Å². The average Bonchev–Trinajstić information content (AvgIpc) is 2.62. The Labute approximate surface area is 159 Å². The number of nitrogens with one attached hydrogen (secondary N) is 1. The Morgan fingerprint density at radius 1 is 1.12 bits per heavy atom. The van der Waals surface area contributed by atoms with Gasteiger partial charge in [-0.05, 0) is 49.6 Å². The molecule has 0 saturated carbocycles. The SMILES string of the molecule is Cc1ccccc1C(=O)NC1CCN(S(=O)(=O)c2cccc(Cl)c2)CC1. The second-order valence-electron chi connectivity index (χ2n) is 6.42. The Bertz CT molecular complexity index is 907. The second-order valence-corrected chi connectivity index (χ2v) is 8.80. The Hall–Kier alpha value is -1.89. The number of carbonyl (C=O) groups excluding carboxylic acids is 1. The fourth-order valence-electron chi connectivity index (χ4n) is 3.11. The number of hydrogen-bond donors (Lipinski definition) is 1. The third-order valence-electron chi connectivity index (χ3n) is 4.61. The fraction of sp³-hybridized carbons (Fsp3) is 0.316. The minimum atomic E-state index is -3.56. The van der Waals surface area contributed by atoms with Crippen molar-refractivity contribution in [3.8, 4) is 0 Å². The van der Waals surface area contributed by atoms with Crippen LogP contribution in [0.5, 0.6) is 0 Å². The van der Waals surface area contributed by atoms with Crippen LogP contribution in [-0.2, 0) is 10.0 Å². The van der Waals surface area contributed by atoms with Crippen LogP contribution in [0, 0.1) is 6.92 Å². The van der Waals surface area contributed by atoms with Crippen LogP contribution in [0.25, 0.3) is 0 Å². The number of aryl methyl sites for hydroxylation is 1. The summed E-state index contributed by atoms with van der Waals surface area (Å²) >= 11 is 5.91. The van der Waals surface area contributed by atoms with Crippen molar-refractivity contribution in [2.24, 2.45) is 0 Å². The average molecular weight is 393 g/mol. The molecule has 1 saturated heterocycles. The van der Waals surface area contributed by atoms with Crippen LogP contribution in [0.2, 0.25) is 5.02 Å². The van der Waals surface area contributed by atoms with E-state index in [4.69, 9.17) is 11.6 Å². The molecule has 26 heavy (non-hydrogen) atoms. The first-order valence-electron chi connectivity index (χ1n) is 8.50. The lowest BCUT2D eigenvalue weighted by atomic mass is 10.0. The zero-order valence-corrected chi connectivity index (χ0v) is 16.1. The minimum Gasteiger partial charge on any atom is -0.349 e. The summed E-state index contributed by atoms with van der Waals surface area (Å²) in [4.78, 5) is 12.6. The van der Waals surface area contributed by atoms with E-state index in [-0.39, 0.29) is 16.8 Å². The molecule has 3 rings (SSSR count). The zero-order chi connectivity index (χ0) is 18.7. The second kappa shape index (κ2) is 7.78. The van der Waals surface area contributed by atoms with Gasteiger partial charge in [0.25, 0.3) is 5.91 Å². The van der Waals surface area contributed by atoms with Crippen LogP contribution >= 0.6 is 11.6 Å². The van der Waals surface area contributed by atoms with Gasteiger partial charge in [0.1, 0.15) is 0 Å². The van der Waals surface area contributed by atoms with Crippen molar-refractivity contribution in [2.45, 2.75) is 30.7 Å². The number of carbonyl (C=O) groups is 1. The van der Waals surface area contributed by atoms with E-state index in [0.29, 0.717) is 36.5 Å². The van der Waals surface area contributed by atoms with Gasteiger partial charge >= 0.3 is 0 Å². The summed E-state index contributed by atoms with van der Waals surface area (Å²) in [5.74, 6) is -0.112. The highest BCUT2D eigenvalue weighted by Gasteiger charge is 2.30. The minimum absolute atomic E-state index is 0.0343. The molecule has 5 nitrogen and oxygen atoms in total. The first-order valence-corrected chi connectivity index (χ1v) is 10.3. The molecule has 1 N–H and O–H groups in total. The van der Waals surface area contributed by atoms with Crippen LogP contribution in [0.1, 0.15) is 28.8 Å². The third kappa shape index (κ3) is 4.09. The largest absolute Gasteiger partial charge is 0.349 e. The summed E-state index contributed by atoms with van der Waals surface area (Å²) in [5, 5.41) is 3.41. The van der Waals surface area contributed by atoms with E-state index >= 15 is 0 Å². The normalized spacial score (nSPS) is 16.4. The number of nitrogens with zero attached hydrogens (tertiary/aromatic N) is 1. The molecule has 1 aliphatic rings. The van der Waals surface area contributed by atoms with Crippen LogP contribution in [-0.4, -0.2) is 37.8 Å². The molecule has 0 aliphatic carbocycles. The highest BCUT2D eigenvalue weighted by molar-refractivity contribution is 7.89. The number of amides is 1. The topological polar surface area (TPSA) is 66.5 Å². The van der Waals surface area contributed by atoms with Gasteiger partial charge in [0.05, 0.1) is 4.90 Å². The van der Waals surface area contributed by atoms with E-state index in [0.717, 1.165) is 5.56 Å². The molecule has 7 heteroatoms. The smallest absolute Gasteiger partial charge is 0.251 e. The van der Waals surface area contributed by atoms with Crippen molar-refractivity contribution in [3.05, 3.63) is 64.7 Å². The maximum absolute atomic E-state index is 12.7. The molecular weight excluding hydrogens is 372 g/mol. The summed E-state index contributed by atoms with van der Waals surface area (Å²) < 4.78 is 26.9. The van der Waals surface area contributed by atoms with Gasteiger partial charge in [-0.15, -0.1) is 0 Å². The quantitative estimate of drug-likeness (QED) is 0.868. The van der Waals surface area contributed by atoms with Crippen LogP contribution in [0.3, 0.4) is 0 Å². The predicted octanol–water partition coefficient (Wildman–Crippen LogP) is 3.23. The Balaban J connectivity index is 1.62. The molecule has 2 aromatic rings. The lowest BCUT2D eigenvalue weighted by Gasteiger charge is -2.31. The van der Waals surface area contributed by atoms with Crippen molar-refractivity contribution in [3.63, 3.8) is 0 Å². The van der Waals surface area contributed by atoms with Crippen LogP contribution in [0.4, 0.5) is 0 Å². The summed E-state index contributed by atoms with van der Waals surface area (Å²) in [6, 6.07) is 13.7. The lowest BCUT2D eigenvalue weighted by Crippen LogP contribution is -2.46. The summed E-state index contributed by atoms with van der Waals surface area (Å²) in [5.41, 5.74) is 1.58. The molecule has 0 radical (unpaired) electrons. The number of halogens is 1. The van der Waals surface area contributed by atoms with E-state index in [2.05, 4.69) is 5.32 Å². The number of hydrogen-bond acceptors (Lipinski definition) is 3. The molecule has 1 heterocycles. The van der Waals surface area contributed by atoms with Gasteiger partial charge in [-0.1, -0.05) is 35.9 Å². The summed E-state index contributed by atoms with van der Waals surface area (Å²) in [7, 11) is -3.56. The molecule has 1 aliphatic heterocycles. The fourth-order valence-corrected chi connectivity index (χ4v) is 4.88. The summed E-state index contributed by atoms with van der Waals surface area (Å²) in [6.07, 6.45) is 1.16. The van der Waals surface area contributed by atoms with Crippen molar-refractivity contribution >= 4 is 27.5 Å². The van der Waals surface area contributed by atoms with E-state index in [1.165, 1.54) is 10.4 Å². The molecule has 0 spiro atoms. The molecule has 138 valence electrons. The van der Waals surface area contributed by atoms with Crippen molar-refractivity contribution in [1.29, 1.82) is 0 Å². The van der Waals surface area contributed by atoms with Gasteiger partial charge in [-0.2, -0.15) is 4.31 Å². The van der Waals surface area contributed by atoms with E-state index in [1.54, 1.807) is 24.3 Å². The molecular formula is C19H21ClN2O3S. The van der Waals surface area contributed by atoms with Gasteiger partial charge < -0.3 is 5.32 Å². The highest BCUT2D eigenvalue weighted by Crippen LogP contribution is 2.23. The van der Waals surface area contributed by atoms with Crippen LogP contribution < -0.4 is 5.32 Å². The highest BCUT2D eigenvalue weighted by atomic mass is 35.5. The number of benzene rings is 2. The van der Waals surface area contributed by atoms with Gasteiger partial charge in [0.2, 0.25) is 10.0 Å². The first kappa shape index (κ1) is 18.9. The molecule has 0 bridgehead atoms. The van der Waals surface area contributed by atoms with E-state index in [9.17, 15) is 13.2 Å². The molecule has 1 amide bonds. The maximum atomic E-state index is 12.7. The maximum Gasteiger partial charge on any atom is 0.251 e. The zero-order valence-electron chi connectivity index (χ0n) is 14.5. The predicted molar refractivity (Wildman–Crippen MR) is 102 cm³/mol. The van der Waals surface area contributed by atoms with Crippen molar-refractivity contribution < 1.29 is 13.2 Å². The number of rotatable bonds is 4. The molecule has 0 aromatic heterocycles. The Morgan fingerprint density at radius 2 is 1.81 bits per heavy atom. The molecule has 2 aromatic carbocycles. The Morgan fingerprint density at radius 3 is 2.46 bits per heavy atom. The third-order valence-corrected chi connectivity index (χ3v) is 6.74. The first-order chi connectivity index (χ1) is 12.4. The van der Waals surface area contributed by atoms with Gasteiger partial charge in [-0.3, -0.25) is 4.79 Å². The Kier molecular flexibility index (Phi) is 5.65. The van der Waals surface area contributed by atoms with Crippen molar-refractivity contribution in [2.75, 3.05) is 13.1 Å². The monoisotopic (exact) mass is 392 g/mol. The standard InChI is InChI=1S/C19H21ClN2O3S/c1-14-5-2-3-8-18(14)19(23)21-16-9-11-22(12-10-16)26(24,25)17-7-4-6-15(20)13-17/h2-8,13,16H,9-12H2,1H3,(H,21,23). The molecule has 0 atom stereocenters. The number of piperidine rings is 1. The van der Waals surface area contributed by atoms with Gasteiger partial charge in [-0.25, -0.2) is 8.42 Å². The van der Waals surface area contributed by atoms with E-state index < -0.39 is 10.0 Å². The van der Waals surface area contributed by atoms with Gasteiger partial charge in [0, 0.05) is 29.7 Å². The summed E-state index contributed by atoms with van der Waals surface area (Å²) in [6.45, 7) is 2.64. The molecule has 0 unspecified atom stereocenters. The van der Waals surface area contributed by atoms with Gasteiger partial charge in [0.15, 0.2) is 0 Å². The number of sulfonamides is 1.